The molecular formula is C39H50O19. The molecule has 320 valence electrons. The number of aliphatic hydroxyl groups excluding tert-OH is 9. The van der Waals surface area contributed by atoms with E-state index in [0.29, 0.717) is 0 Å². The molecule has 3 saturated heterocycles. The van der Waals surface area contributed by atoms with E-state index in [-0.39, 0.29) is 40.4 Å². The van der Waals surface area contributed by atoms with Crippen LogP contribution >= 0.6 is 0 Å². The molecule has 0 radical (unpaired) electrons. The van der Waals surface area contributed by atoms with Gasteiger partial charge in [0.05, 0.1) is 18.8 Å². The Morgan fingerprint density at radius 1 is 0.828 bits per heavy atom. The number of phenolic OH excluding ortho intramolecular Hbond substituents is 2. The topological polar surface area (TPSA) is 308 Å². The Morgan fingerprint density at radius 3 is 2.10 bits per heavy atom. The maximum atomic E-state index is 14.6. The van der Waals surface area contributed by atoms with Crippen molar-refractivity contribution >= 4 is 11.0 Å². The third kappa shape index (κ3) is 8.15. The van der Waals surface area contributed by atoms with E-state index in [0.717, 1.165) is 11.6 Å². The number of aromatic hydroxyl groups is 2. The number of benzene rings is 2. The highest BCUT2D eigenvalue weighted by Gasteiger charge is 2.53. The van der Waals surface area contributed by atoms with Crippen LogP contribution in [0.3, 0.4) is 0 Å². The highest BCUT2D eigenvalue weighted by atomic mass is 16.7. The minimum absolute atomic E-state index is 0.00287. The van der Waals surface area contributed by atoms with E-state index in [1.54, 1.807) is 19.9 Å². The van der Waals surface area contributed by atoms with Gasteiger partial charge in [0.2, 0.25) is 23.3 Å². The average molecular weight is 823 g/mol. The summed E-state index contributed by atoms with van der Waals surface area (Å²) >= 11 is 0. The van der Waals surface area contributed by atoms with Crippen LogP contribution in [0.2, 0.25) is 0 Å². The smallest absolute Gasteiger partial charge is 0.239 e. The van der Waals surface area contributed by atoms with Crippen LogP contribution in [0.4, 0.5) is 0 Å². The van der Waals surface area contributed by atoms with Gasteiger partial charge >= 0.3 is 0 Å². The highest BCUT2D eigenvalue weighted by Crippen LogP contribution is 2.43. The van der Waals surface area contributed by atoms with Crippen LogP contribution in [0.1, 0.15) is 40.2 Å². The highest BCUT2D eigenvalue weighted by molar-refractivity contribution is 5.91. The summed E-state index contributed by atoms with van der Waals surface area (Å²) in [5.74, 6) is -4.05. The van der Waals surface area contributed by atoms with Gasteiger partial charge in [0.15, 0.2) is 12.1 Å². The second kappa shape index (κ2) is 17.0. The predicted octanol–water partition coefficient (Wildman–Crippen LogP) is -0.993. The van der Waals surface area contributed by atoms with Gasteiger partial charge in [-0.25, -0.2) is 0 Å². The summed E-state index contributed by atoms with van der Waals surface area (Å²) < 4.78 is 41.3. The van der Waals surface area contributed by atoms with E-state index in [1.165, 1.54) is 45.0 Å². The lowest BCUT2D eigenvalue weighted by molar-refractivity contribution is -0.345. The molecule has 11 N–H and O–H groups in total. The first kappa shape index (κ1) is 43.6. The first-order valence-electron chi connectivity index (χ1n) is 18.6. The fourth-order valence-corrected chi connectivity index (χ4v) is 7.15. The number of rotatable bonds is 10. The van der Waals surface area contributed by atoms with Crippen molar-refractivity contribution in [3.8, 4) is 34.3 Å². The van der Waals surface area contributed by atoms with E-state index in [4.69, 9.17) is 32.8 Å². The Hall–Kier alpha value is -3.93. The van der Waals surface area contributed by atoms with Gasteiger partial charge in [-0.15, -0.1) is 0 Å². The number of allylic oxidation sites excluding steroid dienone is 2. The van der Waals surface area contributed by atoms with Crippen molar-refractivity contribution in [1.29, 1.82) is 0 Å². The molecule has 0 aliphatic carbocycles. The average Bonchev–Trinajstić information content (AvgIpc) is 3.17. The molecule has 19 heteroatoms. The Labute approximate surface area is 331 Å². The number of phenols is 2. The fourth-order valence-electron chi connectivity index (χ4n) is 7.15. The van der Waals surface area contributed by atoms with Gasteiger partial charge in [0.25, 0.3) is 0 Å². The molecule has 0 saturated carbocycles. The van der Waals surface area contributed by atoms with E-state index in [2.05, 4.69) is 0 Å². The monoisotopic (exact) mass is 822 g/mol. The molecule has 4 heterocycles. The zero-order valence-corrected chi connectivity index (χ0v) is 32.1. The first-order chi connectivity index (χ1) is 27.3. The molecule has 15 atom stereocenters. The van der Waals surface area contributed by atoms with Gasteiger partial charge < -0.3 is 89.0 Å². The standard InChI is InChI=1S/C39H50O19/c1-14(2)6-11-19-21(57-39(5)36(51)29(48)25(44)22(13-40)58-39)12-20(42)23-26(45)35(33(54-34(19)23)17-7-9-18(41)10-8-17)56-38-31(50)28(47)32(16(4)53-38)55-37-30(49)27(46)24(43)15(3)52-37/h6-10,12,15-16,22,24-25,27-32,36-38,40-44,46-51H,11,13H2,1-5H3/t15-,16-,22+,24-,25+,27+,28-,29-,30+,31+,32-,36+,37-,38-,39+/m0/s1. The number of hydrogen-bond acceptors (Lipinski definition) is 19. The summed E-state index contributed by atoms with van der Waals surface area (Å²) in [7, 11) is 0. The molecule has 3 aliphatic heterocycles. The minimum Gasteiger partial charge on any atom is -0.508 e. The SMILES string of the molecule is CC(C)=CCc1c(O[C@]2(C)O[C@H](CO)[C@@H](O)[C@H](O)[C@H]2O)cc(O)c2c(=O)c(O[C@@H]3O[C@@H](C)[C@H](O[C@@H]4O[C@@H](C)[C@H](O)[C@@H](O)[C@H]4O)[C@@H](O)[C@H]3O)c(-c3ccc(O)cc3)oc12. The molecule has 0 amide bonds. The molecule has 0 bridgehead atoms. The Kier molecular flexibility index (Phi) is 12.8. The minimum atomic E-state index is -2.12. The van der Waals surface area contributed by atoms with Gasteiger partial charge in [0.1, 0.15) is 89.3 Å². The quantitative estimate of drug-likeness (QED) is 0.109. The van der Waals surface area contributed by atoms with Crippen LogP contribution in [0, 0.1) is 0 Å². The number of aliphatic hydroxyl groups is 9. The van der Waals surface area contributed by atoms with Gasteiger partial charge in [-0.3, -0.25) is 4.79 Å². The molecule has 58 heavy (non-hydrogen) atoms. The molecule has 2 aromatic carbocycles. The van der Waals surface area contributed by atoms with Gasteiger partial charge in [-0.1, -0.05) is 11.6 Å². The van der Waals surface area contributed by atoms with Crippen molar-refractivity contribution in [2.45, 2.75) is 133 Å². The number of ether oxygens (including phenoxy) is 6. The fraction of sp³-hybridized carbons (Fsp3) is 0.564. The summed E-state index contributed by atoms with van der Waals surface area (Å²) in [5.41, 5.74) is -0.111. The molecule has 0 unspecified atom stereocenters. The molecule has 3 aliphatic rings. The van der Waals surface area contributed by atoms with E-state index >= 15 is 0 Å². The third-order valence-corrected chi connectivity index (χ3v) is 10.6. The van der Waals surface area contributed by atoms with Crippen LogP contribution in [-0.2, 0) is 25.4 Å². The summed E-state index contributed by atoms with van der Waals surface area (Å²) in [6.07, 6.45) is -20.4. The van der Waals surface area contributed by atoms with Crippen molar-refractivity contribution in [3.63, 3.8) is 0 Å². The normalized spacial score (nSPS) is 36.7. The molecular weight excluding hydrogens is 772 g/mol. The van der Waals surface area contributed by atoms with Crippen molar-refractivity contribution < 1.29 is 89.0 Å². The van der Waals surface area contributed by atoms with Crippen LogP contribution in [-0.4, -0.2) is 154 Å². The zero-order valence-electron chi connectivity index (χ0n) is 32.1. The summed E-state index contributed by atoms with van der Waals surface area (Å²) in [6, 6.07) is 6.41. The van der Waals surface area contributed by atoms with E-state index < -0.39 is 121 Å². The molecule has 3 aromatic rings. The van der Waals surface area contributed by atoms with E-state index in [9.17, 15) is 61.0 Å². The Balaban J connectivity index is 1.43. The lowest BCUT2D eigenvalue weighted by Crippen LogP contribution is -2.66. The van der Waals surface area contributed by atoms with Crippen LogP contribution < -0.4 is 14.9 Å². The molecule has 1 aromatic heterocycles. The summed E-state index contributed by atoms with van der Waals surface area (Å²) in [6.45, 7) is 6.96. The van der Waals surface area contributed by atoms with Crippen molar-refractivity contribution in [1.82, 2.24) is 0 Å². The van der Waals surface area contributed by atoms with Crippen molar-refractivity contribution in [3.05, 3.63) is 57.8 Å². The molecule has 0 spiro atoms. The van der Waals surface area contributed by atoms with Crippen LogP contribution in [0.15, 0.2) is 51.2 Å². The molecule has 3 fully saturated rings. The Morgan fingerprint density at radius 2 is 1.47 bits per heavy atom. The first-order valence-corrected chi connectivity index (χ1v) is 18.6. The van der Waals surface area contributed by atoms with Gasteiger partial charge in [-0.2, -0.15) is 0 Å². The van der Waals surface area contributed by atoms with E-state index in [1.807, 2.05) is 0 Å². The van der Waals surface area contributed by atoms with Crippen LogP contribution in [0.25, 0.3) is 22.3 Å². The number of fused-ring (bicyclic) bond motifs is 1. The van der Waals surface area contributed by atoms with Crippen molar-refractivity contribution in [2.75, 3.05) is 6.61 Å². The maximum absolute atomic E-state index is 14.6. The summed E-state index contributed by atoms with van der Waals surface area (Å²) in [5, 5.41) is 116. The second-order valence-electron chi connectivity index (χ2n) is 15.2. The predicted molar refractivity (Wildman–Crippen MR) is 198 cm³/mol. The van der Waals surface area contributed by atoms with Gasteiger partial charge in [0, 0.05) is 24.1 Å². The third-order valence-electron chi connectivity index (χ3n) is 10.6. The Bertz CT molecular complexity index is 2010. The van der Waals surface area contributed by atoms with Crippen LogP contribution in [0.5, 0.6) is 23.0 Å². The zero-order chi connectivity index (χ0) is 42.5. The van der Waals surface area contributed by atoms with Crippen molar-refractivity contribution in [2.24, 2.45) is 0 Å². The molecule has 19 nitrogen and oxygen atoms in total. The maximum Gasteiger partial charge on any atom is 0.239 e. The lowest BCUT2D eigenvalue weighted by Gasteiger charge is -2.46. The number of hydrogen-bond donors (Lipinski definition) is 11. The summed E-state index contributed by atoms with van der Waals surface area (Å²) in [4.78, 5) is 14.6. The lowest BCUT2D eigenvalue weighted by atomic mass is 9.93. The van der Waals surface area contributed by atoms with Gasteiger partial charge in [-0.05, 0) is 58.4 Å². The largest absolute Gasteiger partial charge is 0.508 e. The second-order valence-corrected chi connectivity index (χ2v) is 15.2. The molecule has 6 rings (SSSR count).